The average Bonchev–Trinajstić information content (AvgIpc) is 2.97. The molecular weight excluding hydrogens is 388 g/mol. The fraction of sp³-hybridized carbons (Fsp3) is 0.500. The molecule has 2 N–H and O–H groups in total. The Morgan fingerprint density at radius 1 is 1.10 bits per heavy atom. The molecule has 1 aromatic carbocycles. The van der Waals surface area contributed by atoms with Crippen LogP contribution >= 0.6 is 0 Å². The van der Waals surface area contributed by atoms with Crippen molar-refractivity contribution in [3.8, 4) is 11.5 Å². The average molecular weight is 416 g/mol. The van der Waals surface area contributed by atoms with Gasteiger partial charge in [-0.05, 0) is 42.5 Å². The maximum absolute atomic E-state index is 11.9. The summed E-state index contributed by atoms with van der Waals surface area (Å²) in [6, 6.07) is 4.85. The summed E-state index contributed by atoms with van der Waals surface area (Å²) in [5.74, 6) is 0.324. The van der Waals surface area contributed by atoms with Crippen molar-refractivity contribution in [1.82, 2.24) is 10.6 Å². The van der Waals surface area contributed by atoms with E-state index in [0.29, 0.717) is 30.6 Å². The van der Waals surface area contributed by atoms with Gasteiger partial charge in [0.15, 0.2) is 18.1 Å². The Morgan fingerprint density at radius 2 is 1.87 bits per heavy atom. The van der Waals surface area contributed by atoms with Gasteiger partial charge in [0.25, 0.3) is 5.91 Å². The molecular formula is C22H28N2O6. The molecule has 0 saturated heterocycles. The second kappa shape index (κ2) is 10.7. The van der Waals surface area contributed by atoms with Gasteiger partial charge < -0.3 is 19.5 Å². The highest BCUT2D eigenvalue weighted by Crippen LogP contribution is 2.30. The minimum absolute atomic E-state index is 0.0623. The van der Waals surface area contributed by atoms with Gasteiger partial charge in [-0.25, -0.2) is 9.59 Å². The van der Waals surface area contributed by atoms with Crippen molar-refractivity contribution < 1.29 is 28.6 Å². The molecule has 1 fully saturated rings. The number of carbonyl (C=O) groups is 3. The van der Waals surface area contributed by atoms with Gasteiger partial charge in [0.2, 0.25) is 0 Å². The molecule has 162 valence electrons. The smallest absolute Gasteiger partial charge is 0.331 e. The molecule has 1 aromatic rings. The molecule has 0 bridgehead atoms. The second-order valence-electron chi connectivity index (χ2n) is 7.59. The minimum Gasteiger partial charge on any atom is -0.490 e. The first-order chi connectivity index (χ1) is 14.5. The summed E-state index contributed by atoms with van der Waals surface area (Å²) in [6.07, 6.45) is 7.79. The van der Waals surface area contributed by atoms with Gasteiger partial charge in [-0.2, -0.15) is 0 Å². The van der Waals surface area contributed by atoms with Crippen LogP contribution in [-0.4, -0.2) is 43.8 Å². The van der Waals surface area contributed by atoms with Crippen molar-refractivity contribution in [2.75, 3.05) is 19.8 Å². The lowest BCUT2D eigenvalue weighted by molar-refractivity contribution is -0.143. The number of nitrogens with one attached hydrogen (secondary N) is 2. The maximum Gasteiger partial charge on any atom is 0.331 e. The van der Waals surface area contributed by atoms with E-state index in [2.05, 4.69) is 17.6 Å². The van der Waals surface area contributed by atoms with E-state index in [1.54, 1.807) is 24.3 Å². The van der Waals surface area contributed by atoms with Gasteiger partial charge in [0.1, 0.15) is 0 Å². The van der Waals surface area contributed by atoms with Crippen LogP contribution in [0, 0.1) is 5.92 Å². The van der Waals surface area contributed by atoms with Crippen LogP contribution in [0.5, 0.6) is 11.5 Å². The molecule has 2 aliphatic rings. The monoisotopic (exact) mass is 416 g/mol. The number of urea groups is 1. The Hall–Kier alpha value is -3.03. The number of imide groups is 1. The van der Waals surface area contributed by atoms with Crippen molar-refractivity contribution in [3.63, 3.8) is 0 Å². The number of esters is 1. The molecule has 0 spiro atoms. The SMILES string of the molecule is C[C@@H]1CCCC[C@@H]1NC(=O)NC(=O)COC(=O)/C=C/c1ccc2c(c1)OCCCO2. The fourth-order valence-corrected chi connectivity index (χ4v) is 3.53. The Balaban J connectivity index is 1.41. The quantitative estimate of drug-likeness (QED) is 0.565. The highest BCUT2D eigenvalue weighted by Gasteiger charge is 2.23. The normalized spacial score (nSPS) is 20.8. The summed E-state index contributed by atoms with van der Waals surface area (Å²) in [5, 5.41) is 5.01. The van der Waals surface area contributed by atoms with Gasteiger partial charge in [-0.1, -0.05) is 25.8 Å². The van der Waals surface area contributed by atoms with E-state index >= 15 is 0 Å². The summed E-state index contributed by atoms with van der Waals surface area (Å²) in [4.78, 5) is 35.7. The largest absolute Gasteiger partial charge is 0.490 e. The van der Waals surface area contributed by atoms with Crippen LogP contribution in [0.15, 0.2) is 24.3 Å². The highest BCUT2D eigenvalue weighted by molar-refractivity contribution is 5.96. The van der Waals surface area contributed by atoms with Crippen LogP contribution in [0.1, 0.15) is 44.6 Å². The lowest BCUT2D eigenvalue weighted by Gasteiger charge is -2.29. The van der Waals surface area contributed by atoms with Crippen LogP contribution in [0.25, 0.3) is 6.08 Å². The van der Waals surface area contributed by atoms with E-state index in [-0.39, 0.29) is 6.04 Å². The van der Waals surface area contributed by atoms with Crippen LogP contribution in [0.2, 0.25) is 0 Å². The maximum atomic E-state index is 11.9. The third-order valence-electron chi connectivity index (χ3n) is 5.21. The Kier molecular flexibility index (Phi) is 7.70. The molecule has 1 aliphatic carbocycles. The molecule has 1 heterocycles. The van der Waals surface area contributed by atoms with Crippen molar-refractivity contribution in [2.45, 2.75) is 45.1 Å². The van der Waals surface area contributed by atoms with E-state index in [4.69, 9.17) is 14.2 Å². The van der Waals surface area contributed by atoms with Crippen molar-refractivity contribution >= 4 is 24.0 Å². The number of rotatable bonds is 5. The summed E-state index contributed by atoms with van der Waals surface area (Å²) in [7, 11) is 0. The van der Waals surface area contributed by atoms with Gasteiger partial charge in [-0.3, -0.25) is 10.1 Å². The molecule has 8 nitrogen and oxygen atoms in total. The predicted octanol–water partition coefficient (Wildman–Crippen LogP) is 2.81. The molecule has 1 aliphatic heterocycles. The zero-order valence-corrected chi connectivity index (χ0v) is 17.1. The van der Waals surface area contributed by atoms with Crippen molar-refractivity contribution in [3.05, 3.63) is 29.8 Å². The zero-order valence-electron chi connectivity index (χ0n) is 17.1. The van der Waals surface area contributed by atoms with Gasteiger partial charge in [0.05, 0.1) is 13.2 Å². The van der Waals surface area contributed by atoms with Crippen molar-refractivity contribution in [2.24, 2.45) is 5.92 Å². The van der Waals surface area contributed by atoms with Gasteiger partial charge >= 0.3 is 12.0 Å². The number of hydrogen-bond acceptors (Lipinski definition) is 6. The zero-order chi connectivity index (χ0) is 21.3. The van der Waals surface area contributed by atoms with E-state index in [0.717, 1.165) is 37.7 Å². The van der Waals surface area contributed by atoms with Crippen LogP contribution < -0.4 is 20.1 Å². The number of hydrogen-bond donors (Lipinski definition) is 2. The topological polar surface area (TPSA) is 103 Å². The molecule has 3 amide bonds. The van der Waals surface area contributed by atoms with Gasteiger partial charge in [0, 0.05) is 18.5 Å². The molecule has 30 heavy (non-hydrogen) atoms. The number of benzene rings is 1. The highest BCUT2D eigenvalue weighted by atomic mass is 16.5. The lowest BCUT2D eigenvalue weighted by atomic mass is 9.86. The van der Waals surface area contributed by atoms with E-state index in [1.165, 1.54) is 6.08 Å². The molecule has 8 heteroatoms. The molecule has 0 unspecified atom stereocenters. The standard InChI is InChI=1S/C22H28N2O6/c1-15-5-2-3-6-17(15)23-22(27)24-20(25)14-30-21(26)10-8-16-7-9-18-19(13-16)29-12-4-11-28-18/h7-10,13,15,17H,2-6,11-12,14H2,1H3,(H2,23,24,25,27)/b10-8+/t15-,17+/m1/s1. The van der Waals surface area contributed by atoms with Gasteiger partial charge in [-0.15, -0.1) is 0 Å². The van der Waals surface area contributed by atoms with Crippen LogP contribution in [0.3, 0.4) is 0 Å². The molecule has 1 saturated carbocycles. The van der Waals surface area contributed by atoms with E-state index in [9.17, 15) is 14.4 Å². The molecule has 0 aromatic heterocycles. The number of carbonyl (C=O) groups excluding carboxylic acids is 3. The van der Waals surface area contributed by atoms with Crippen molar-refractivity contribution in [1.29, 1.82) is 0 Å². The number of ether oxygens (including phenoxy) is 3. The summed E-state index contributed by atoms with van der Waals surface area (Å²) in [6.45, 7) is 2.74. The Labute approximate surface area is 175 Å². The third-order valence-corrected chi connectivity index (χ3v) is 5.21. The summed E-state index contributed by atoms with van der Waals surface area (Å²) >= 11 is 0. The summed E-state index contributed by atoms with van der Waals surface area (Å²) < 4.78 is 16.1. The summed E-state index contributed by atoms with van der Waals surface area (Å²) in [5.41, 5.74) is 0.738. The van der Waals surface area contributed by atoms with E-state index < -0.39 is 24.5 Å². The molecule has 2 atom stereocenters. The first-order valence-electron chi connectivity index (χ1n) is 10.4. The number of amides is 3. The molecule has 3 rings (SSSR count). The molecule has 0 radical (unpaired) electrons. The first-order valence-corrected chi connectivity index (χ1v) is 10.4. The minimum atomic E-state index is -0.682. The first kappa shape index (κ1) is 21.7. The van der Waals surface area contributed by atoms with E-state index in [1.807, 2.05) is 0 Å². The predicted molar refractivity (Wildman–Crippen MR) is 110 cm³/mol. The number of fused-ring (bicyclic) bond motifs is 1. The third kappa shape index (κ3) is 6.50. The lowest BCUT2D eigenvalue weighted by Crippen LogP contribution is -2.48. The second-order valence-corrected chi connectivity index (χ2v) is 7.59. The fourth-order valence-electron chi connectivity index (χ4n) is 3.53. The van der Waals surface area contributed by atoms with Crippen LogP contribution in [0.4, 0.5) is 4.79 Å². The Morgan fingerprint density at radius 3 is 2.67 bits per heavy atom. The van der Waals surface area contributed by atoms with Crippen LogP contribution in [-0.2, 0) is 14.3 Å². The Bertz CT molecular complexity index is 807.